The van der Waals surface area contributed by atoms with Crippen molar-refractivity contribution >= 4 is 57.8 Å². The summed E-state index contributed by atoms with van der Waals surface area (Å²) < 4.78 is 28.2. The average Bonchev–Trinajstić information content (AvgIpc) is 2.29. The van der Waals surface area contributed by atoms with Gasteiger partial charge in [-0.15, -0.1) is 0 Å². The van der Waals surface area contributed by atoms with Gasteiger partial charge in [0, 0.05) is 20.3 Å². The summed E-state index contributed by atoms with van der Waals surface area (Å²) in [7, 11) is -3.49. The molecule has 0 heterocycles. The van der Waals surface area contributed by atoms with Gasteiger partial charge in [0.05, 0.1) is 4.90 Å². The van der Waals surface area contributed by atoms with Crippen LogP contribution in [0, 0.1) is 0 Å². The minimum Gasteiger partial charge on any atom is -0.207 e. The lowest BCUT2D eigenvalue weighted by molar-refractivity contribution is 0.558. The second kappa shape index (κ2) is 6.65. The Kier molecular flexibility index (Phi) is 6.12. The van der Waals surface area contributed by atoms with Crippen LogP contribution in [-0.4, -0.2) is 19.8 Å². The van der Waals surface area contributed by atoms with Crippen LogP contribution in [0.2, 0.25) is 0 Å². The van der Waals surface area contributed by atoms with Crippen molar-refractivity contribution in [1.29, 1.82) is 0 Å². The second-order valence-electron chi connectivity index (χ2n) is 3.46. The van der Waals surface area contributed by atoms with Gasteiger partial charge < -0.3 is 0 Å². The van der Waals surface area contributed by atoms with Gasteiger partial charge >= 0.3 is 0 Å². The fourth-order valence-electron chi connectivity index (χ4n) is 1.19. The van der Waals surface area contributed by atoms with Gasteiger partial charge in [-0.1, -0.05) is 38.8 Å². The molecule has 17 heavy (non-hydrogen) atoms. The molecule has 1 rings (SSSR count). The van der Waals surface area contributed by atoms with E-state index in [-0.39, 0.29) is 10.9 Å². The van der Waals surface area contributed by atoms with Crippen molar-refractivity contribution in [3.8, 4) is 0 Å². The molecule has 0 bridgehead atoms. The molecule has 0 aliphatic rings. The fraction of sp³-hybridized carbons (Fsp3) is 0.400. The average molecular weight is 450 g/mol. The number of hydrogen-bond acceptors (Lipinski definition) is 2. The maximum Gasteiger partial charge on any atom is 0.242 e. The molecule has 0 amide bonds. The van der Waals surface area contributed by atoms with Gasteiger partial charge in [0.15, 0.2) is 0 Å². The quantitative estimate of drug-likeness (QED) is 0.697. The summed E-state index contributed by atoms with van der Waals surface area (Å²) in [5, 5.41) is 0.592. The van der Waals surface area contributed by atoms with Gasteiger partial charge in [-0.3, -0.25) is 0 Å². The van der Waals surface area contributed by atoms with Crippen LogP contribution in [0.3, 0.4) is 0 Å². The van der Waals surface area contributed by atoms with Crippen molar-refractivity contribution in [2.24, 2.45) is 0 Å². The van der Waals surface area contributed by atoms with E-state index in [9.17, 15) is 8.42 Å². The van der Waals surface area contributed by atoms with Gasteiger partial charge in [0.25, 0.3) is 0 Å². The standard InChI is InChI=1S/C10H12Br3NO2S/c1-2-8(6-11)14-17(15,16)10-5-7(12)3-4-9(10)13/h3-5,8,14H,2,6H2,1H3. The number of halogens is 3. The van der Waals surface area contributed by atoms with E-state index in [1.807, 2.05) is 6.92 Å². The first-order valence-electron chi connectivity index (χ1n) is 4.94. The van der Waals surface area contributed by atoms with Crippen molar-refractivity contribution in [3.05, 3.63) is 27.1 Å². The zero-order valence-electron chi connectivity index (χ0n) is 9.08. The zero-order valence-corrected chi connectivity index (χ0v) is 14.7. The maximum absolute atomic E-state index is 12.2. The first-order chi connectivity index (χ1) is 7.90. The highest BCUT2D eigenvalue weighted by Crippen LogP contribution is 2.25. The molecule has 0 aliphatic carbocycles. The lowest BCUT2D eigenvalue weighted by Crippen LogP contribution is -2.35. The summed E-state index contributed by atoms with van der Waals surface area (Å²) in [5.74, 6) is 0. The maximum atomic E-state index is 12.2. The number of alkyl halides is 1. The van der Waals surface area contributed by atoms with Crippen LogP contribution in [0.25, 0.3) is 0 Å². The molecular formula is C10H12Br3NO2S. The predicted molar refractivity (Wildman–Crippen MR) is 80.0 cm³/mol. The first kappa shape index (κ1) is 15.6. The molecule has 0 aliphatic heterocycles. The van der Waals surface area contributed by atoms with Crippen LogP contribution in [0.5, 0.6) is 0 Å². The predicted octanol–water partition coefficient (Wildman–Crippen LogP) is 3.66. The molecule has 0 saturated carbocycles. The SMILES string of the molecule is CCC(CBr)NS(=O)(=O)c1cc(Br)ccc1Br. The normalized spacial score (nSPS) is 13.6. The Labute approximate surface area is 127 Å². The summed E-state index contributed by atoms with van der Waals surface area (Å²) in [4.78, 5) is 0.242. The molecule has 3 nitrogen and oxygen atoms in total. The van der Waals surface area contributed by atoms with E-state index in [0.29, 0.717) is 9.80 Å². The Balaban J connectivity index is 3.09. The highest BCUT2D eigenvalue weighted by Gasteiger charge is 2.21. The third-order valence-electron chi connectivity index (χ3n) is 2.18. The van der Waals surface area contributed by atoms with E-state index < -0.39 is 10.0 Å². The number of nitrogens with one attached hydrogen (secondary N) is 1. The summed E-state index contributed by atoms with van der Waals surface area (Å²) in [6.07, 6.45) is 0.732. The van der Waals surface area contributed by atoms with E-state index in [2.05, 4.69) is 52.5 Å². The van der Waals surface area contributed by atoms with Crippen LogP contribution < -0.4 is 4.72 Å². The van der Waals surface area contributed by atoms with Crippen molar-refractivity contribution in [2.75, 3.05) is 5.33 Å². The van der Waals surface area contributed by atoms with E-state index >= 15 is 0 Å². The minimum atomic E-state index is -3.49. The molecule has 1 unspecified atom stereocenters. The molecule has 1 atom stereocenters. The van der Waals surface area contributed by atoms with E-state index in [0.717, 1.165) is 10.9 Å². The van der Waals surface area contributed by atoms with Crippen molar-refractivity contribution < 1.29 is 8.42 Å². The Morgan fingerprint density at radius 2 is 2.00 bits per heavy atom. The van der Waals surface area contributed by atoms with Gasteiger partial charge in [0.1, 0.15) is 0 Å². The zero-order chi connectivity index (χ0) is 13.1. The molecule has 0 radical (unpaired) electrons. The number of rotatable bonds is 5. The largest absolute Gasteiger partial charge is 0.242 e. The lowest BCUT2D eigenvalue weighted by Gasteiger charge is -2.15. The number of benzene rings is 1. The Morgan fingerprint density at radius 1 is 1.35 bits per heavy atom. The third kappa shape index (κ3) is 4.31. The molecular weight excluding hydrogens is 438 g/mol. The van der Waals surface area contributed by atoms with Crippen LogP contribution in [0.15, 0.2) is 32.0 Å². The summed E-state index contributed by atoms with van der Waals surface area (Å²) in [6.45, 7) is 1.93. The second-order valence-corrected chi connectivity index (χ2v) is 7.56. The minimum absolute atomic E-state index is 0.106. The highest BCUT2D eigenvalue weighted by molar-refractivity contribution is 9.11. The number of hydrogen-bond donors (Lipinski definition) is 1. The van der Waals surface area contributed by atoms with Gasteiger partial charge in [-0.25, -0.2) is 13.1 Å². The van der Waals surface area contributed by atoms with E-state index in [4.69, 9.17) is 0 Å². The molecule has 0 aromatic heterocycles. The third-order valence-corrected chi connectivity index (χ3v) is 5.97. The summed E-state index contributed by atoms with van der Waals surface area (Å²) >= 11 is 9.80. The van der Waals surface area contributed by atoms with Gasteiger partial charge in [0.2, 0.25) is 10.0 Å². The monoisotopic (exact) mass is 447 g/mol. The Bertz CT molecular complexity index is 486. The fourth-order valence-corrected chi connectivity index (χ4v) is 4.85. The van der Waals surface area contributed by atoms with Crippen LogP contribution in [-0.2, 0) is 10.0 Å². The summed E-state index contributed by atoms with van der Waals surface area (Å²) in [6, 6.07) is 4.96. The Hall–Kier alpha value is 0.570. The Morgan fingerprint density at radius 3 is 2.53 bits per heavy atom. The van der Waals surface area contributed by atoms with Gasteiger partial charge in [-0.2, -0.15) is 0 Å². The van der Waals surface area contributed by atoms with E-state index in [1.165, 1.54) is 0 Å². The van der Waals surface area contributed by atoms with Crippen molar-refractivity contribution in [3.63, 3.8) is 0 Å². The van der Waals surface area contributed by atoms with Gasteiger partial charge in [-0.05, 0) is 40.5 Å². The molecule has 96 valence electrons. The topological polar surface area (TPSA) is 46.2 Å². The molecule has 1 N–H and O–H groups in total. The molecule has 1 aromatic carbocycles. The van der Waals surface area contributed by atoms with Crippen LogP contribution >= 0.6 is 47.8 Å². The first-order valence-corrected chi connectivity index (χ1v) is 9.13. The lowest BCUT2D eigenvalue weighted by atomic mass is 10.3. The molecule has 0 fully saturated rings. The molecule has 1 aromatic rings. The highest BCUT2D eigenvalue weighted by atomic mass is 79.9. The molecule has 7 heteroatoms. The number of sulfonamides is 1. The van der Waals surface area contributed by atoms with Crippen molar-refractivity contribution in [2.45, 2.75) is 24.3 Å². The molecule has 0 saturated heterocycles. The van der Waals surface area contributed by atoms with E-state index in [1.54, 1.807) is 18.2 Å². The summed E-state index contributed by atoms with van der Waals surface area (Å²) in [5.41, 5.74) is 0. The van der Waals surface area contributed by atoms with Crippen LogP contribution in [0.4, 0.5) is 0 Å². The van der Waals surface area contributed by atoms with Crippen molar-refractivity contribution in [1.82, 2.24) is 4.72 Å². The smallest absolute Gasteiger partial charge is 0.207 e. The molecule has 0 spiro atoms. The van der Waals surface area contributed by atoms with Crippen LogP contribution in [0.1, 0.15) is 13.3 Å².